The van der Waals surface area contributed by atoms with E-state index >= 15 is 0 Å². The maximum absolute atomic E-state index is 11.7. The Kier molecular flexibility index (Phi) is 6.56. The molecular weight excluding hydrogens is 258 g/mol. The smallest absolute Gasteiger partial charge is 0.224 e. The molecule has 0 aliphatic carbocycles. The third-order valence-corrected chi connectivity index (χ3v) is 2.66. The molecule has 1 rings (SSSR count). The van der Waals surface area contributed by atoms with Crippen LogP contribution in [0.4, 0.5) is 5.69 Å². The minimum atomic E-state index is -1.14. The van der Waals surface area contributed by atoms with E-state index in [9.17, 15) is 14.7 Å². The number of carboxylic acid groups (broad SMARTS) is 1. The first-order valence-electron chi connectivity index (χ1n) is 6.73. The topological polar surface area (TPSA) is 78.5 Å². The number of rotatable bonds is 8. The molecule has 0 fully saturated rings. The molecule has 1 aromatic rings. The van der Waals surface area contributed by atoms with Gasteiger partial charge in [-0.15, -0.1) is 0 Å². The quantitative estimate of drug-likeness (QED) is 0.783. The first-order chi connectivity index (χ1) is 9.51. The van der Waals surface area contributed by atoms with Gasteiger partial charge < -0.3 is 20.0 Å². The summed E-state index contributed by atoms with van der Waals surface area (Å²) in [5.74, 6) is -0.828. The van der Waals surface area contributed by atoms with E-state index in [4.69, 9.17) is 4.74 Å². The molecule has 5 heteroatoms. The molecule has 0 aliphatic heterocycles. The highest BCUT2D eigenvalue weighted by atomic mass is 16.5. The highest BCUT2D eigenvalue weighted by Crippen LogP contribution is 2.17. The fourth-order valence-electron chi connectivity index (χ4n) is 1.74. The molecule has 0 heterocycles. The summed E-state index contributed by atoms with van der Waals surface area (Å²) >= 11 is 0. The number of hydrogen-bond donors (Lipinski definition) is 1. The molecule has 0 bridgehead atoms. The van der Waals surface area contributed by atoms with Crippen LogP contribution in [0, 0.1) is 5.92 Å². The molecule has 1 N–H and O–H groups in total. The van der Waals surface area contributed by atoms with Gasteiger partial charge in [-0.05, 0) is 43.0 Å². The first-order valence-corrected chi connectivity index (χ1v) is 6.73. The zero-order valence-corrected chi connectivity index (χ0v) is 11.8. The Hall–Kier alpha value is -2.04. The molecule has 0 saturated carbocycles. The predicted octanol–water partition coefficient (Wildman–Crippen LogP) is 1.58. The average Bonchev–Trinajstić information content (AvgIpc) is 2.36. The molecule has 1 aromatic carbocycles. The monoisotopic (exact) mass is 278 g/mol. The molecule has 1 amide bonds. The van der Waals surface area contributed by atoms with Crippen molar-refractivity contribution in [2.24, 2.45) is 5.92 Å². The number of amides is 1. The summed E-state index contributed by atoms with van der Waals surface area (Å²) in [4.78, 5) is 22.1. The van der Waals surface area contributed by atoms with E-state index < -0.39 is 5.97 Å². The number of benzene rings is 1. The van der Waals surface area contributed by atoms with Crippen LogP contribution in [0.5, 0.6) is 5.75 Å². The number of carbonyl (C=O) groups is 2. The molecular formula is C15H20NO4-. The van der Waals surface area contributed by atoms with Gasteiger partial charge in [0.25, 0.3) is 0 Å². The molecule has 110 valence electrons. The molecule has 5 nitrogen and oxygen atoms in total. The lowest BCUT2D eigenvalue weighted by Gasteiger charge is -2.12. The van der Waals surface area contributed by atoms with Crippen LogP contribution in [0.3, 0.4) is 0 Å². The van der Waals surface area contributed by atoms with Crippen molar-refractivity contribution in [3.63, 3.8) is 0 Å². The minimum absolute atomic E-state index is 0.114. The average molecular weight is 278 g/mol. The fourth-order valence-corrected chi connectivity index (χ4v) is 1.74. The van der Waals surface area contributed by atoms with Crippen molar-refractivity contribution >= 4 is 17.6 Å². The van der Waals surface area contributed by atoms with Crippen molar-refractivity contribution in [2.45, 2.75) is 33.1 Å². The Labute approximate surface area is 118 Å². The SMILES string of the molecule is CCCOc1ccc(NC(=O)C[C@@H](C)CC(=O)[O-])cc1. The van der Waals surface area contributed by atoms with Gasteiger partial charge in [-0.25, -0.2) is 0 Å². The third kappa shape index (κ3) is 6.22. The van der Waals surface area contributed by atoms with Crippen molar-refractivity contribution in [3.8, 4) is 5.75 Å². The molecule has 20 heavy (non-hydrogen) atoms. The Balaban J connectivity index is 2.43. The lowest BCUT2D eigenvalue weighted by atomic mass is 10.0. The Bertz CT molecular complexity index is 442. The first kappa shape index (κ1) is 16.0. The van der Waals surface area contributed by atoms with Gasteiger partial charge in [0.2, 0.25) is 5.91 Å². The number of nitrogens with one attached hydrogen (secondary N) is 1. The van der Waals surface area contributed by atoms with Crippen LogP contribution in [-0.2, 0) is 9.59 Å². The van der Waals surface area contributed by atoms with Gasteiger partial charge in [0, 0.05) is 18.1 Å². The van der Waals surface area contributed by atoms with E-state index in [0.717, 1.165) is 12.2 Å². The van der Waals surface area contributed by atoms with Crippen LogP contribution >= 0.6 is 0 Å². The molecule has 0 radical (unpaired) electrons. The molecule has 0 unspecified atom stereocenters. The summed E-state index contributed by atoms with van der Waals surface area (Å²) < 4.78 is 5.44. The van der Waals surface area contributed by atoms with Crippen LogP contribution in [0.25, 0.3) is 0 Å². The number of ether oxygens (including phenoxy) is 1. The molecule has 1 atom stereocenters. The summed E-state index contributed by atoms with van der Waals surface area (Å²) in [5.41, 5.74) is 0.666. The summed E-state index contributed by atoms with van der Waals surface area (Å²) in [6, 6.07) is 7.09. The summed E-state index contributed by atoms with van der Waals surface area (Å²) in [7, 11) is 0. The summed E-state index contributed by atoms with van der Waals surface area (Å²) in [6.45, 7) is 4.39. The van der Waals surface area contributed by atoms with Gasteiger partial charge in [-0.1, -0.05) is 13.8 Å². The van der Waals surface area contributed by atoms with Crippen molar-refractivity contribution in [1.82, 2.24) is 0 Å². The van der Waals surface area contributed by atoms with Crippen LogP contribution < -0.4 is 15.2 Å². The Morgan fingerprint density at radius 1 is 1.25 bits per heavy atom. The van der Waals surface area contributed by atoms with E-state index in [1.807, 2.05) is 6.92 Å². The van der Waals surface area contributed by atoms with Gasteiger partial charge >= 0.3 is 0 Å². The second kappa shape index (κ2) is 8.19. The van der Waals surface area contributed by atoms with E-state index in [0.29, 0.717) is 12.3 Å². The van der Waals surface area contributed by atoms with Crippen molar-refractivity contribution in [3.05, 3.63) is 24.3 Å². The van der Waals surface area contributed by atoms with Crippen LogP contribution in [-0.4, -0.2) is 18.5 Å². The fraction of sp³-hybridized carbons (Fsp3) is 0.467. The highest BCUT2D eigenvalue weighted by Gasteiger charge is 2.09. The highest BCUT2D eigenvalue weighted by molar-refractivity contribution is 5.91. The van der Waals surface area contributed by atoms with Gasteiger partial charge in [0.15, 0.2) is 0 Å². The number of carbonyl (C=O) groups excluding carboxylic acids is 2. The number of aliphatic carboxylic acids is 1. The zero-order chi connectivity index (χ0) is 15.0. The minimum Gasteiger partial charge on any atom is -0.550 e. The van der Waals surface area contributed by atoms with E-state index in [2.05, 4.69) is 5.32 Å². The second-order valence-electron chi connectivity index (χ2n) is 4.81. The van der Waals surface area contributed by atoms with Gasteiger partial charge in [-0.3, -0.25) is 4.79 Å². The third-order valence-electron chi connectivity index (χ3n) is 2.66. The maximum Gasteiger partial charge on any atom is 0.224 e. The van der Waals surface area contributed by atoms with Crippen LogP contribution in [0.15, 0.2) is 24.3 Å². The van der Waals surface area contributed by atoms with E-state index in [1.54, 1.807) is 31.2 Å². The van der Waals surface area contributed by atoms with Crippen LogP contribution in [0.2, 0.25) is 0 Å². The van der Waals surface area contributed by atoms with Crippen molar-refractivity contribution in [2.75, 3.05) is 11.9 Å². The zero-order valence-electron chi connectivity index (χ0n) is 11.8. The lowest BCUT2D eigenvalue weighted by molar-refractivity contribution is -0.306. The van der Waals surface area contributed by atoms with E-state index in [-0.39, 0.29) is 24.7 Å². The predicted molar refractivity (Wildman–Crippen MR) is 74.3 cm³/mol. The summed E-state index contributed by atoms with van der Waals surface area (Å²) in [5, 5.41) is 13.1. The normalized spacial score (nSPS) is 11.7. The maximum atomic E-state index is 11.7. The van der Waals surface area contributed by atoms with Gasteiger partial charge in [0.05, 0.1) is 6.61 Å². The molecule has 0 spiro atoms. The number of carboxylic acids is 1. The number of hydrogen-bond acceptors (Lipinski definition) is 4. The summed E-state index contributed by atoms with van der Waals surface area (Å²) in [6.07, 6.45) is 0.980. The van der Waals surface area contributed by atoms with Gasteiger partial charge in [0.1, 0.15) is 5.75 Å². The second-order valence-corrected chi connectivity index (χ2v) is 4.81. The van der Waals surface area contributed by atoms with Crippen molar-refractivity contribution < 1.29 is 19.4 Å². The molecule has 0 aromatic heterocycles. The number of anilines is 1. The van der Waals surface area contributed by atoms with Crippen LogP contribution in [0.1, 0.15) is 33.1 Å². The van der Waals surface area contributed by atoms with E-state index in [1.165, 1.54) is 0 Å². The molecule has 0 saturated heterocycles. The molecule has 0 aliphatic rings. The Morgan fingerprint density at radius 2 is 1.90 bits per heavy atom. The lowest BCUT2D eigenvalue weighted by Crippen LogP contribution is -2.26. The largest absolute Gasteiger partial charge is 0.550 e. The van der Waals surface area contributed by atoms with Gasteiger partial charge in [-0.2, -0.15) is 0 Å². The van der Waals surface area contributed by atoms with Crippen molar-refractivity contribution in [1.29, 1.82) is 0 Å². The standard InChI is InChI=1S/C15H21NO4/c1-3-8-20-13-6-4-12(5-7-13)16-14(17)9-11(2)10-15(18)19/h4-7,11H,3,8-10H2,1-2H3,(H,16,17)(H,18,19)/p-1/t11-/m1/s1. The Morgan fingerprint density at radius 3 is 2.45 bits per heavy atom.